The smallest absolute Gasteiger partial charge is 0.480 e. The predicted octanol–water partition coefficient (Wildman–Crippen LogP) is 3.25. The molecule has 0 bridgehead atoms. The van der Waals surface area contributed by atoms with Crippen LogP contribution in [-0.2, 0) is 4.79 Å². The molecule has 2 N–H and O–H groups in total. The van der Waals surface area contributed by atoms with E-state index >= 15 is 0 Å². The van der Waals surface area contributed by atoms with Gasteiger partial charge in [-0.05, 0) is 18.6 Å². The fraction of sp³-hybridized carbons (Fsp3) is 0.417. The van der Waals surface area contributed by atoms with Crippen molar-refractivity contribution in [1.29, 1.82) is 0 Å². The van der Waals surface area contributed by atoms with E-state index in [2.05, 4.69) is 10.1 Å². The van der Waals surface area contributed by atoms with Crippen LogP contribution in [0, 0.1) is 0 Å². The highest BCUT2D eigenvalue weighted by molar-refractivity contribution is 5.77. The van der Waals surface area contributed by atoms with Gasteiger partial charge < -0.3 is 15.2 Å². The molecule has 7 heteroatoms. The summed E-state index contributed by atoms with van der Waals surface area (Å²) in [6.07, 6.45) is -3.75. The fourth-order valence-corrected chi connectivity index (χ4v) is 1.53. The lowest BCUT2D eigenvalue weighted by Gasteiger charge is -2.16. The summed E-state index contributed by atoms with van der Waals surface area (Å²) in [5.74, 6) is -1.44. The van der Waals surface area contributed by atoms with Gasteiger partial charge in [0.05, 0.1) is 0 Å². The predicted molar refractivity (Wildman–Crippen MR) is 63.1 cm³/mol. The summed E-state index contributed by atoms with van der Waals surface area (Å²) in [4.78, 5) is 10.9. The highest BCUT2D eigenvalue weighted by Crippen LogP contribution is 2.25. The van der Waals surface area contributed by atoms with E-state index in [4.69, 9.17) is 5.11 Å². The van der Waals surface area contributed by atoms with E-state index in [-0.39, 0.29) is 5.69 Å². The summed E-state index contributed by atoms with van der Waals surface area (Å²) < 4.78 is 39.9. The molecule has 1 aromatic rings. The summed E-state index contributed by atoms with van der Waals surface area (Å²) in [6, 6.07) is 4.25. The Kier molecular flexibility index (Phi) is 5.02. The van der Waals surface area contributed by atoms with Gasteiger partial charge in [0, 0.05) is 11.8 Å². The third kappa shape index (κ3) is 5.50. The molecule has 0 aromatic heterocycles. The van der Waals surface area contributed by atoms with Crippen molar-refractivity contribution in [2.24, 2.45) is 0 Å². The van der Waals surface area contributed by atoms with Crippen molar-refractivity contribution in [2.45, 2.75) is 32.2 Å². The number of ether oxygens (including phenoxy) is 1. The summed E-state index contributed by atoms with van der Waals surface area (Å²) in [7, 11) is 0. The van der Waals surface area contributed by atoms with E-state index in [1.54, 1.807) is 0 Å². The molecule has 0 aliphatic heterocycles. The van der Waals surface area contributed by atoms with Crippen molar-refractivity contribution in [3.63, 3.8) is 0 Å². The first-order chi connectivity index (χ1) is 8.81. The number of aliphatic carboxylic acids is 1. The maximum atomic E-state index is 12.0. The minimum atomic E-state index is -4.77. The number of benzene rings is 1. The summed E-state index contributed by atoms with van der Waals surface area (Å²) in [6.45, 7) is 1.82. The van der Waals surface area contributed by atoms with Gasteiger partial charge >= 0.3 is 12.3 Å². The topological polar surface area (TPSA) is 58.6 Å². The van der Waals surface area contributed by atoms with Crippen LogP contribution in [0.2, 0.25) is 0 Å². The average molecular weight is 277 g/mol. The Balaban J connectivity index is 2.78. The Morgan fingerprint density at radius 1 is 1.47 bits per heavy atom. The largest absolute Gasteiger partial charge is 0.573 e. The van der Waals surface area contributed by atoms with Crippen molar-refractivity contribution in [1.82, 2.24) is 0 Å². The average Bonchev–Trinajstić information content (AvgIpc) is 2.26. The van der Waals surface area contributed by atoms with E-state index in [9.17, 15) is 18.0 Å². The minimum Gasteiger partial charge on any atom is -0.480 e. The number of carboxylic acids is 1. The molecule has 0 saturated heterocycles. The number of halogens is 3. The first kappa shape index (κ1) is 15.1. The molecule has 0 aliphatic carbocycles. The molecule has 0 aliphatic rings. The maximum absolute atomic E-state index is 12.0. The van der Waals surface area contributed by atoms with E-state index in [1.807, 2.05) is 6.92 Å². The number of carbonyl (C=O) groups is 1. The summed E-state index contributed by atoms with van der Waals surface area (Å²) >= 11 is 0. The van der Waals surface area contributed by atoms with Gasteiger partial charge in [0.2, 0.25) is 0 Å². The summed E-state index contributed by atoms with van der Waals surface area (Å²) in [5.41, 5.74) is 0.266. The highest BCUT2D eigenvalue weighted by atomic mass is 19.4. The molecular weight excluding hydrogens is 263 g/mol. The first-order valence-corrected chi connectivity index (χ1v) is 5.67. The van der Waals surface area contributed by atoms with Crippen LogP contribution in [0.15, 0.2) is 24.3 Å². The van der Waals surface area contributed by atoms with E-state index < -0.39 is 24.1 Å². The van der Waals surface area contributed by atoms with Crippen LogP contribution >= 0.6 is 0 Å². The third-order valence-corrected chi connectivity index (χ3v) is 2.28. The second-order valence-corrected chi connectivity index (χ2v) is 3.90. The number of anilines is 1. The summed E-state index contributed by atoms with van der Waals surface area (Å²) in [5, 5.41) is 11.6. The van der Waals surface area contributed by atoms with Gasteiger partial charge in [-0.3, -0.25) is 0 Å². The highest BCUT2D eigenvalue weighted by Gasteiger charge is 2.31. The van der Waals surface area contributed by atoms with Gasteiger partial charge in [-0.25, -0.2) is 4.79 Å². The zero-order chi connectivity index (χ0) is 14.5. The van der Waals surface area contributed by atoms with Crippen molar-refractivity contribution >= 4 is 11.7 Å². The van der Waals surface area contributed by atoms with Gasteiger partial charge in [-0.2, -0.15) is 0 Å². The van der Waals surface area contributed by atoms with Crippen LogP contribution in [0.3, 0.4) is 0 Å². The Morgan fingerprint density at radius 2 is 2.16 bits per heavy atom. The molecule has 1 unspecified atom stereocenters. The van der Waals surface area contributed by atoms with Gasteiger partial charge in [0.1, 0.15) is 11.8 Å². The van der Waals surface area contributed by atoms with Gasteiger partial charge in [0.15, 0.2) is 0 Å². The first-order valence-electron chi connectivity index (χ1n) is 5.67. The second-order valence-electron chi connectivity index (χ2n) is 3.90. The van der Waals surface area contributed by atoms with Crippen LogP contribution < -0.4 is 10.1 Å². The standard InChI is InChI=1S/C12H14F3NO3/c1-2-4-10(11(17)18)16-8-5-3-6-9(7-8)19-12(13,14)15/h3,5-7,10,16H,2,4H2,1H3,(H,17,18). The van der Waals surface area contributed by atoms with Gasteiger partial charge in [0.25, 0.3) is 0 Å². The normalized spacial score (nSPS) is 12.8. The molecule has 19 heavy (non-hydrogen) atoms. The Morgan fingerprint density at radius 3 is 2.68 bits per heavy atom. The second kappa shape index (κ2) is 6.31. The Hall–Kier alpha value is -1.92. The fourth-order valence-electron chi connectivity index (χ4n) is 1.53. The zero-order valence-electron chi connectivity index (χ0n) is 10.2. The third-order valence-electron chi connectivity index (χ3n) is 2.28. The molecule has 1 rings (SSSR count). The lowest BCUT2D eigenvalue weighted by atomic mass is 10.1. The van der Waals surface area contributed by atoms with E-state index in [0.717, 1.165) is 12.1 Å². The van der Waals surface area contributed by atoms with Crippen molar-refractivity contribution in [2.75, 3.05) is 5.32 Å². The van der Waals surface area contributed by atoms with Gasteiger partial charge in [-0.1, -0.05) is 19.4 Å². The minimum absolute atomic E-state index is 0.266. The van der Waals surface area contributed by atoms with Crippen LogP contribution in [0.4, 0.5) is 18.9 Å². The van der Waals surface area contributed by atoms with Crippen LogP contribution in [0.5, 0.6) is 5.75 Å². The van der Waals surface area contributed by atoms with Crippen molar-refractivity contribution in [3.8, 4) is 5.75 Å². The lowest BCUT2D eigenvalue weighted by Crippen LogP contribution is -2.29. The Bertz CT molecular complexity index is 434. The number of hydrogen-bond donors (Lipinski definition) is 2. The number of nitrogens with one attached hydrogen (secondary N) is 1. The molecule has 106 valence electrons. The quantitative estimate of drug-likeness (QED) is 0.838. The van der Waals surface area contributed by atoms with E-state index in [0.29, 0.717) is 12.8 Å². The Labute approximate surface area is 108 Å². The lowest BCUT2D eigenvalue weighted by molar-refractivity contribution is -0.274. The van der Waals surface area contributed by atoms with Gasteiger partial charge in [-0.15, -0.1) is 13.2 Å². The molecule has 0 heterocycles. The molecule has 0 radical (unpaired) electrons. The molecule has 1 aromatic carbocycles. The number of hydrogen-bond acceptors (Lipinski definition) is 3. The molecule has 0 fully saturated rings. The molecular formula is C12H14F3NO3. The van der Waals surface area contributed by atoms with Crippen molar-refractivity contribution in [3.05, 3.63) is 24.3 Å². The molecule has 0 spiro atoms. The van der Waals surface area contributed by atoms with Crippen LogP contribution in [0.1, 0.15) is 19.8 Å². The number of rotatable bonds is 6. The molecule has 0 amide bonds. The van der Waals surface area contributed by atoms with Crippen molar-refractivity contribution < 1.29 is 27.8 Å². The SMILES string of the molecule is CCCC(Nc1cccc(OC(F)(F)F)c1)C(=O)O. The van der Waals surface area contributed by atoms with Crippen LogP contribution in [0.25, 0.3) is 0 Å². The zero-order valence-corrected chi connectivity index (χ0v) is 10.2. The number of alkyl halides is 3. The monoisotopic (exact) mass is 277 g/mol. The maximum Gasteiger partial charge on any atom is 0.573 e. The molecule has 1 atom stereocenters. The molecule has 0 saturated carbocycles. The number of carboxylic acid groups (broad SMARTS) is 1. The molecule has 4 nitrogen and oxygen atoms in total. The van der Waals surface area contributed by atoms with Crippen LogP contribution in [-0.4, -0.2) is 23.5 Å². The van der Waals surface area contributed by atoms with E-state index in [1.165, 1.54) is 12.1 Å².